The fraction of sp³-hybridized carbons (Fsp3) is 0.600. The van der Waals surface area contributed by atoms with Gasteiger partial charge in [-0.3, -0.25) is 0 Å². The van der Waals surface area contributed by atoms with Gasteiger partial charge in [-0.1, -0.05) is 19.1 Å². The third kappa shape index (κ3) is 5.03. The van der Waals surface area contributed by atoms with E-state index in [0.717, 1.165) is 16.6 Å². The lowest BCUT2D eigenvalue weighted by Crippen LogP contribution is -2.18. The first-order valence-corrected chi connectivity index (χ1v) is 6.45. The second-order valence-electron chi connectivity index (χ2n) is 3.55. The largest absolute Gasteiger partial charge is 0.411 e. The normalized spacial score (nSPS) is 11.8. The summed E-state index contributed by atoms with van der Waals surface area (Å²) < 4.78 is 41.2. The number of nitrogens with one attached hydrogen (secondary N) is 1. The minimum absolute atomic E-state index is 0.0530. The fourth-order valence-corrected chi connectivity index (χ4v) is 1.98. The zero-order chi connectivity index (χ0) is 13.8. The number of hydrogen-bond acceptors (Lipinski definition) is 3. The van der Waals surface area contributed by atoms with Crippen molar-refractivity contribution in [2.45, 2.75) is 25.9 Å². The molecule has 0 aliphatic heterocycles. The van der Waals surface area contributed by atoms with Gasteiger partial charge >= 0.3 is 6.18 Å². The Hall–Kier alpha value is -0.470. The SMILES string of the molecule is CCc1[nH]c(CCOCC(F)(F)F)nc(=S)c1Br. The maximum absolute atomic E-state index is 11.8. The monoisotopic (exact) mass is 344 g/mol. The predicted molar refractivity (Wildman–Crippen MR) is 67.1 cm³/mol. The van der Waals surface area contributed by atoms with Crippen molar-refractivity contribution in [2.75, 3.05) is 13.2 Å². The zero-order valence-electron chi connectivity index (χ0n) is 9.60. The first-order chi connectivity index (χ1) is 8.33. The molecular formula is C10H12BrF3N2OS. The average molecular weight is 345 g/mol. The van der Waals surface area contributed by atoms with Crippen LogP contribution in [0.15, 0.2) is 4.47 Å². The molecule has 0 unspecified atom stereocenters. The summed E-state index contributed by atoms with van der Waals surface area (Å²) in [5.74, 6) is 0.530. The van der Waals surface area contributed by atoms with Crippen molar-refractivity contribution in [3.63, 3.8) is 0 Å². The molecule has 1 aromatic rings. The molecule has 1 rings (SSSR count). The molecule has 1 N–H and O–H groups in total. The summed E-state index contributed by atoms with van der Waals surface area (Å²) in [5.41, 5.74) is 0.876. The molecule has 0 aliphatic rings. The van der Waals surface area contributed by atoms with Gasteiger partial charge in [0, 0.05) is 12.1 Å². The molecule has 0 aromatic carbocycles. The molecule has 0 spiro atoms. The van der Waals surface area contributed by atoms with Crippen LogP contribution >= 0.6 is 28.1 Å². The smallest absolute Gasteiger partial charge is 0.372 e. The van der Waals surface area contributed by atoms with E-state index in [2.05, 4.69) is 30.6 Å². The van der Waals surface area contributed by atoms with Gasteiger partial charge in [0.05, 0.1) is 11.1 Å². The molecular weight excluding hydrogens is 333 g/mol. The van der Waals surface area contributed by atoms with Gasteiger partial charge in [0.15, 0.2) is 0 Å². The Kier molecular flexibility index (Phi) is 5.74. The molecule has 0 saturated carbocycles. The molecule has 1 heterocycles. The van der Waals surface area contributed by atoms with Crippen molar-refractivity contribution in [3.8, 4) is 0 Å². The highest BCUT2D eigenvalue weighted by Gasteiger charge is 2.27. The van der Waals surface area contributed by atoms with Gasteiger partial charge in [0.25, 0.3) is 0 Å². The standard InChI is InChI=1S/C10H12BrF3N2OS/c1-2-6-8(11)9(18)16-7(15-6)3-4-17-5-10(12,13)14/h2-5H2,1H3,(H,15,16,18). The van der Waals surface area contributed by atoms with Crippen LogP contribution in [0.25, 0.3) is 0 Å². The third-order valence-corrected chi connectivity index (χ3v) is 3.50. The topological polar surface area (TPSA) is 37.9 Å². The molecule has 0 aliphatic carbocycles. The van der Waals surface area contributed by atoms with Gasteiger partial charge < -0.3 is 9.72 Å². The number of ether oxygens (including phenoxy) is 1. The Morgan fingerprint density at radius 3 is 2.67 bits per heavy atom. The first kappa shape index (κ1) is 15.6. The minimum Gasteiger partial charge on any atom is -0.372 e. The number of nitrogens with zero attached hydrogens (tertiary/aromatic N) is 1. The molecule has 102 valence electrons. The van der Waals surface area contributed by atoms with Crippen LogP contribution in [0, 0.1) is 4.64 Å². The van der Waals surface area contributed by atoms with Crippen LogP contribution in [0.4, 0.5) is 13.2 Å². The molecule has 0 bridgehead atoms. The van der Waals surface area contributed by atoms with E-state index < -0.39 is 12.8 Å². The van der Waals surface area contributed by atoms with Gasteiger partial charge in [-0.05, 0) is 22.4 Å². The average Bonchev–Trinajstić information content (AvgIpc) is 2.27. The first-order valence-electron chi connectivity index (χ1n) is 5.25. The Bertz CT molecular complexity index is 461. The fourth-order valence-electron chi connectivity index (χ4n) is 1.28. The molecule has 8 heteroatoms. The second-order valence-corrected chi connectivity index (χ2v) is 4.73. The number of alkyl halides is 3. The van der Waals surface area contributed by atoms with Crippen molar-refractivity contribution in [1.82, 2.24) is 9.97 Å². The number of aromatic amines is 1. The highest BCUT2D eigenvalue weighted by molar-refractivity contribution is 9.10. The molecule has 0 amide bonds. The van der Waals surface area contributed by atoms with E-state index in [0.29, 0.717) is 10.5 Å². The van der Waals surface area contributed by atoms with Gasteiger partial charge in [-0.25, -0.2) is 4.98 Å². The van der Waals surface area contributed by atoms with Crippen molar-refractivity contribution in [1.29, 1.82) is 0 Å². The molecule has 1 aromatic heterocycles. The molecule has 0 atom stereocenters. The van der Waals surface area contributed by atoms with Crippen LogP contribution in [0.3, 0.4) is 0 Å². The van der Waals surface area contributed by atoms with Crippen LogP contribution in [-0.4, -0.2) is 29.4 Å². The Balaban J connectivity index is 2.58. The van der Waals surface area contributed by atoms with Crippen LogP contribution in [0.5, 0.6) is 0 Å². The van der Waals surface area contributed by atoms with Crippen molar-refractivity contribution < 1.29 is 17.9 Å². The van der Waals surface area contributed by atoms with Gasteiger partial charge in [0.1, 0.15) is 17.1 Å². The Morgan fingerprint density at radius 1 is 1.44 bits per heavy atom. The minimum atomic E-state index is -4.30. The third-order valence-electron chi connectivity index (χ3n) is 2.09. The number of halogens is 4. The number of aromatic nitrogens is 2. The lowest BCUT2D eigenvalue weighted by Gasteiger charge is -2.09. The number of H-pyrrole nitrogens is 1. The molecule has 0 fully saturated rings. The van der Waals surface area contributed by atoms with E-state index in [1.807, 2.05) is 6.92 Å². The quantitative estimate of drug-likeness (QED) is 0.655. The van der Waals surface area contributed by atoms with Gasteiger partial charge in [-0.2, -0.15) is 13.2 Å². The van der Waals surface area contributed by atoms with Gasteiger partial charge in [-0.15, -0.1) is 0 Å². The summed E-state index contributed by atoms with van der Waals surface area (Å²) in [6.07, 6.45) is -3.31. The highest BCUT2D eigenvalue weighted by atomic mass is 79.9. The molecule has 18 heavy (non-hydrogen) atoms. The van der Waals surface area contributed by atoms with Crippen LogP contribution in [-0.2, 0) is 17.6 Å². The van der Waals surface area contributed by atoms with E-state index in [9.17, 15) is 13.2 Å². The lowest BCUT2D eigenvalue weighted by molar-refractivity contribution is -0.173. The number of rotatable bonds is 5. The Morgan fingerprint density at radius 2 is 2.11 bits per heavy atom. The summed E-state index contributed by atoms with van der Waals surface area (Å²) in [4.78, 5) is 7.08. The van der Waals surface area contributed by atoms with Crippen molar-refractivity contribution in [3.05, 3.63) is 20.6 Å². The summed E-state index contributed by atoms with van der Waals surface area (Å²) >= 11 is 8.34. The predicted octanol–water partition coefficient (Wildman–Crippen LogP) is 3.59. The lowest BCUT2D eigenvalue weighted by atomic mass is 10.3. The van der Waals surface area contributed by atoms with E-state index in [1.165, 1.54) is 0 Å². The van der Waals surface area contributed by atoms with E-state index >= 15 is 0 Å². The van der Waals surface area contributed by atoms with E-state index in [4.69, 9.17) is 12.2 Å². The second kappa shape index (κ2) is 6.63. The molecule has 0 saturated heterocycles. The molecule has 3 nitrogen and oxygen atoms in total. The maximum Gasteiger partial charge on any atom is 0.411 e. The maximum atomic E-state index is 11.8. The highest BCUT2D eigenvalue weighted by Crippen LogP contribution is 2.17. The summed E-state index contributed by atoms with van der Waals surface area (Å²) in [7, 11) is 0. The van der Waals surface area contributed by atoms with Gasteiger partial charge in [0.2, 0.25) is 0 Å². The van der Waals surface area contributed by atoms with Crippen LogP contribution < -0.4 is 0 Å². The summed E-state index contributed by atoms with van der Waals surface area (Å²) in [6.45, 7) is 0.642. The summed E-state index contributed by atoms with van der Waals surface area (Å²) in [6, 6.07) is 0. The van der Waals surface area contributed by atoms with Crippen LogP contribution in [0.1, 0.15) is 18.4 Å². The zero-order valence-corrected chi connectivity index (χ0v) is 12.0. The number of aryl methyl sites for hydroxylation is 1. The number of hydrogen-bond donors (Lipinski definition) is 1. The summed E-state index contributed by atoms with van der Waals surface area (Å²) in [5, 5.41) is 0. The Labute approximate surface area is 116 Å². The van der Waals surface area contributed by atoms with Crippen molar-refractivity contribution >= 4 is 28.1 Å². The van der Waals surface area contributed by atoms with Crippen LogP contribution in [0.2, 0.25) is 0 Å². The van der Waals surface area contributed by atoms with Crippen molar-refractivity contribution in [2.24, 2.45) is 0 Å². The molecule has 0 radical (unpaired) electrons. The van der Waals surface area contributed by atoms with E-state index in [1.54, 1.807) is 0 Å². The van der Waals surface area contributed by atoms with E-state index in [-0.39, 0.29) is 13.0 Å².